The minimum atomic E-state index is 0.740. The molecule has 17 heavy (non-hydrogen) atoms. The van der Waals surface area contributed by atoms with Crippen LogP contribution in [0.4, 0.5) is 0 Å². The van der Waals surface area contributed by atoms with Gasteiger partial charge in [0.2, 0.25) is 0 Å². The van der Waals surface area contributed by atoms with Crippen LogP contribution in [0.5, 0.6) is 0 Å². The molecule has 2 heterocycles. The second kappa shape index (κ2) is 5.55. The van der Waals surface area contributed by atoms with E-state index in [1.165, 1.54) is 11.1 Å². The molecule has 0 aromatic heterocycles. The molecule has 2 aliphatic rings. The summed E-state index contributed by atoms with van der Waals surface area (Å²) < 4.78 is 0. The first-order valence-corrected chi connectivity index (χ1v) is 5.94. The number of nitrogens with two attached hydrogens (primary N) is 1. The molecule has 2 N–H and O–H groups in total. The Kier molecular flexibility index (Phi) is 3.83. The summed E-state index contributed by atoms with van der Waals surface area (Å²) in [5, 5.41) is 0. The molecule has 0 radical (unpaired) electrons. The summed E-state index contributed by atoms with van der Waals surface area (Å²) in [4.78, 5) is 4.20. The van der Waals surface area contributed by atoms with E-state index in [-0.39, 0.29) is 0 Å². The molecule has 0 saturated heterocycles. The molecule has 0 saturated carbocycles. The highest BCUT2D eigenvalue weighted by Crippen LogP contribution is 2.18. The van der Waals surface area contributed by atoms with Gasteiger partial charge in [0, 0.05) is 38.4 Å². The summed E-state index contributed by atoms with van der Waals surface area (Å²) in [7, 11) is 2.02. The fourth-order valence-electron chi connectivity index (χ4n) is 1.77. The lowest BCUT2D eigenvalue weighted by atomic mass is 10.0. The van der Waals surface area contributed by atoms with Crippen LogP contribution in [0.25, 0.3) is 0 Å². The maximum atomic E-state index is 5.50. The van der Waals surface area contributed by atoms with Crippen LogP contribution in [0.1, 0.15) is 6.42 Å². The van der Waals surface area contributed by atoms with Crippen LogP contribution in [-0.4, -0.2) is 29.9 Å². The van der Waals surface area contributed by atoms with E-state index in [0.29, 0.717) is 0 Å². The third-order valence-corrected chi connectivity index (χ3v) is 2.82. The van der Waals surface area contributed by atoms with Gasteiger partial charge in [0.15, 0.2) is 0 Å². The third kappa shape index (κ3) is 3.11. The molecule has 0 unspecified atom stereocenters. The van der Waals surface area contributed by atoms with Crippen LogP contribution >= 0.6 is 0 Å². The lowest BCUT2D eigenvalue weighted by molar-refractivity contribution is 0.489. The van der Waals surface area contributed by atoms with Crippen molar-refractivity contribution >= 4 is 0 Å². The summed E-state index contributed by atoms with van der Waals surface area (Å²) in [5.74, 6) is 0. The first-order valence-electron chi connectivity index (χ1n) is 5.94. The number of allylic oxidation sites excluding steroid dienone is 6. The maximum Gasteiger partial charge on any atom is 0.0231 e. The fourth-order valence-corrected chi connectivity index (χ4v) is 1.77. The molecule has 0 aromatic carbocycles. The topological polar surface area (TPSA) is 32.5 Å². The first-order chi connectivity index (χ1) is 8.29. The molecule has 3 nitrogen and oxygen atoms in total. The van der Waals surface area contributed by atoms with Crippen molar-refractivity contribution in [2.24, 2.45) is 5.73 Å². The second-order valence-corrected chi connectivity index (χ2v) is 4.22. The number of hydrogen-bond donors (Lipinski definition) is 1. The Labute approximate surface area is 103 Å². The Balaban J connectivity index is 2.03. The Hall–Kier alpha value is -1.74. The molecule has 90 valence electrons. The van der Waals surface area contributed by atoms with Gasteiger partial charge in [-0.1, -0.05) is 0 Å². The number of nitrogens with zero attached hydrogens (tertiary/aromatic N) is 2. The lowest BCUT2D eigenvalue weighted by Gasteiger charge is -2.20. The highest BCUT2D eigenvalue weighted by molar-refractivity contribution is 5.48. The number of hydrogen-bond acceptors (Lipinski definition) is 3. The smallest absolute Gasteiger partial charge is 0.0231 e. The molecule has 0 amide bonds. The number of rotatable bonds is 3. The predicted molar refractivity (Wildman–Crippen MR) is 71.7 cm³/mol. The van der Waals surface area contributed by atoms with E-state index < -0.39 is 0 Å². The van der Waals surface area contributed by atoms with E-state index in [2.05, 4.69) is 54.0 Å². The van der Waals surface area contributed by atoms with Gasteiger partial charge >= 0.3 is 0 Å². The summed E-state index contributed by atoms with van der Waals surface area (Å²) in [6.45, 7) is 1.73. The van der Waals surface area contributed by atoms with Gasteiger partial charge in [-0.3, -0.25) is 0 Å². The van der Waals surface area contributed by atoms with Crippen LogP contribution in [-0.2, 0) is 0 Å². The largest absolute Gasteiger partial charge is 0.357 e. The molecular formula is C14H19N3. The van der Waals surface area contributed by atoms with Crippen molar-refractivity contribution in [2.45, 2.75) is 6.42 Å². The Bertz CT molecular complexity index is 381. The Morgan fingerprint density at radius 2 is 1.47 bits per heavy atom. The van der Waals surface area contributed by atoms with Crippen LogP contribution in [0.3, 0.4) is 0 Å². The highest BCUT2D eigenvalue weighted by atomic mass is 15.1. The van der Waals surface area contributed by atoms with Crippen LogP contribution in [0.15, 0.2) is 60.3 Å². The monoisotopic (exact) mass is 229 g/mol. The van der Waals surface area contributed by atoms with Crippen molar-refractivity contribution in [3.63, 3.8) is 0 Å². The summed E-state index contributed by atoms with van der Waals surface area (Å²) in [6, 6.07) is 0. The minimum absolute atomic E-state index is 0.740. The Morgan fingerprint density at radius 1 is 0.941 bits per heavy atom. The van der Waals surface area contributed by atoms with Crippen LogP contribution in [0, 0.1) is 0 Å². The van der Waals surface area contributed by atoms with Crippen molar-refractivity contribution in [1.29, 1.82) is 0 Å². The van der Waals surface area contributed by atoms with Crippen molar-refractivity contribution < 1.29 is 0 Å². The van der Waals surface area contributed by atoms with Gasteiger partial charge in [0.1, 0.15) is 0 Å². The van der Waals surface area contributed by atoms with E-state index in [0.717, 1.165) is 19.5 Å². The van der Waals surface area contributed by atoms with Crippen molar-refractivity contribution in [3.8, 4) is 0 Å². The molecule has 0 aliphatic carbocycles. The van der Waals surface area contributed by atoms with Crippen molar-refractivity contribution in [2.75, 3.05) is 20.1 Å². The van der Waals surface area contributed by atoms with Gasteiger partial charge in [-0.15, -0.1) is 0 Å². The second-order valence-electron chi connectivity index (χ2n) is 4.22. The maximum absolute atomic E-state index is 5.50. The van der Waals surface area contributed by atoms with Crippen molar-refractivity contribution in [1.82, 2.24) is 9.80 Å². The minimum Gasteiger partial charge on any atom is -0.357 e. The summed E-state index contributed by atoms with van der Waals surface area (Å²) in [5.41, 5.74) is 7.99. The average Bonchev–Trinajstić information content (AvgIpc) is 2.38. The summed E-state index contributed by atoms with van der Waals surface area (Å²) >= 11 is 0. The molecule has 0 atom stereocenters. The SMILES string of the molecule is CN1C=CC(=C2C=CN(CCCN)C=C2)C=C1. The molecule has 2 aliphatic heterocycles. The zero-order chi connectivity index (χ0) is 12.1. The molecule has 2 rings (SSSR count). The van der Waals surface area contributed by atoms with E-state index >= 15 is 0 Å². The van der Waals surface area contributed by atoms with Crippen molar-refractivity contribution in [3.05, 3.63) is 60.3 Å². The predicted octanol–water partition coefficient (Wildman–Crippen LogP) is 1.95. The van der Waals surface area contributed by atoms with E-state index in [1.807, 2.05) is 11.9 Å². The Morgan fingerprint density at radius 3 is 2.00 bits per heavy atom. The van der Waals surface area contributed by atoms with Gasteiger partial charge in [0.05, 0.1) is 0 Å². The van der Waals surface area contributed by atoms with Gasteiger partial charge in [-0.2, -0.15) is 0 Å². The average molecular weight is 229 g/mol. The normalized spacial score (nSPS) is 18.5. The van der Waals surface area contributed by atoms with Gasteiger partial charge < -0.3 is 15.5 Å². The molecule has 0 aromatic rings. The molecule has 0 bridgehead atoms. The van der Waals surface area contributed by atoms with Crippen LogP contribution < -0.4 is 5.73 Å². The van der Waals surface area contributed by atoms with Gasteiger partial charge in [-0.05, 0) is 48.4 Å². The third-order valence-electron chi connectivity index (χ3n) is 2.82. The molecular weight excluding hydrogens is 210 g/mol. The molecule has 0 spiro atoms. The van der Waals surface area contributed by atoms with Crippen LogP contribution in [0.2, 0.25) is 0 Å². The standard InChI is InChI=1S/C14H19N3/c1-16-9-3-13(4-10-16)14-5-11-17(12-6-14)8-2-7-15/h3-6,9-12H,2,7-8,15H2,1H3. The molecule has 3 heteroatoms. The van der Waals surface area contributed by atoms with Gasteiger partial charge in [-0.25, -0.2) is 0 Å². The zero-order valence-corrected chi connectivity index (χ0v) is 10.2. The zero-order valence-electron chi connectivity index (χ0n) is 10.2. The van der Waals surface area contributed by atoms with E-state index in [4.69, 9.17) is 5.73 Å². The first kappa shape index (κ1) is 11.7. The van der Waals surface area contributed by atoms with E-state index in [9.17, 15) is 0 Å². The van der Waals surface area contributed by atoms with E-state index in [1.54, 1.807) is 0 Å². The quantitative estimate of drug-likeness (QED) is 0.803. The lowest BCUT2D eigenvalue weighted by Crippen LogP contribution is -2.16. The van der Waals surface area contributed by atoms with Gasteiger partial charge in [0.25, 0.3) is 0 Å². The molecule has 0 fully saturated rings. The highest BCUT2D eigenvalue weighted by Gasteiger charge is 2.04. The fraction of sp³-hybridized carbons (Fsp3) is 0.286. The summed E-state index contributed by atoms with van der Waals surface area (Å²) in [6.07, 6.45) is 17.9.